The maximum absolute atomic E-state index is 12.3. The highest BCUT2D eigenvalue weighted by Crippen LogP contribution is 2.18. The Hall–Kier alpha value is -3.41. The fraction of sp³-hybridized carbons (Fsp3) is 0.261. The van der Waals surface area contributed by atoms with Gasteiger partial charge in [-0.25, -0.2) is 4.79 Å². The van der Waals surface area contributed by atoms with Crippen LogP contribution in [0.3, 0.4) is 0 Å². The monoisotopic (exact) mass is 393 g/mol. The van der Waals surface area contributed by atoms with E-state index in [-0.39, 0.29) is 17.2 Å². The first-order valence-electron chi connectivity index (χ1n) is 9.54. The number of fused-ring (bicyclic) bond motifs is 1. The number of aryl methyl sites for hydroxylation is 1. The van der Waals surface area contributed by atoms with E-state index in [9.17, 15) is 14.4 Å². The van der Waals surface area contributed by atoms with Crippen molar-refractivity contribution in [3.05, 3.63) is 81.7 Å². The van der Waals surface area contributed by atoms with Crippen molar-refractivity contribution in [2.24, 2.45) is 0 Å². The molecule has 1 N–H and O–H groups in total. The van der Waals surface area contributed by atoms with Crippen LogP contribution in [-0.4, -0.2) is 18.5 Å². The van der Waals surface area contributed by atoms with Crippen LogP contribution in [0.5, 0.6) is 0 Å². The molecule has 1 aromatic heterocycles. The second-order valence-electron chi connectivity index (χ2n) is 6.87. The van der Waals surface area contributed by atoms with E-state index in [0.717, 1.165) is 30.0 Å². The normalized spacial score (nSPS) is 11.8. The predicted molar refractivity (Wildman–Crippen MR) is 110 cm³/mol. The largest absolute Gasteiger partial charge is 0.450 e. The molecule has 0 bridgehead atoms. The number of amides is 1. The number of carbonyl (C=O) groups is 2. The van der Waals surface area contributed by atoms with Crippen molar-refractivity contribution in [2.45, 2.75) is 32.7 Å². The Morgan fingerprint density at radius 1 is 1.10 bits per heavy atom. The van der Waals surface area contributed by atoms with E-state index in [1.165, 1.54) is 0 Å². The van der Waals surface area contributed by atoms with E-state index < -0.39 is 18.5 Å². The molecule has 2 aromatic carbocycles. The lowest BCUT2D eigenvalue weighted by Gasteiger charge is -2.18. The van der Waals surface area contributed by atoms with Crippen LogP contribution < -0.4 is 10.7 Å². The van der Waals surface area contributed by atoms with Gasteiger partial charge in [0.05, 0.1) is 11.4 Å². The second-order valence-corrected chi connectivity index (χ2v) is 6.87. The smallest absolute Gasteiger partial charge is 0.374 e. The van der Waals surface area contributed by atoms with Crippen LogP contribution in [0.4, 0.5) is 0 Å². The maximum atomic E-state index is 12.3. The second kappa shape index (κ2) is 9.19. The van der Waals surface area contributed by atoms with Crippen LogP contribution in [0.25, 0.3) is 11.0 Å². The lowest BCUT2D eigenvalue weighted by atomic mass is 10.0. The Bertz CT molecular complexity index is 1070. The predicted octanol–water partition coefficient (Wildman–Crippen LogP) is 3.92. The van der Waals surface area contributed by atoms with Crippen molar-refractivity contribution in [1.29, 1.82) is 0 Å². The van der Waals surface area contributed by atoms with Gasteiger partial charge in [-0.2, -0.15) is 0 Å². The fourth-order valence-electron chi connectivity index (χ4n) is 3.11. The molecule has 150 valence electrons. The summed E-state index contributed by atoms with van der Waals surface area (Å²) in [4.78, 5) is 36.8. The van der Waals surface area contributed by atoms with Gasteiger partial charge in [-0.3, -0.25) is 9.59 Å². The number of rotatable bonds is 7. The minimum atomic E-state index is -0.855. The standard InChI is InChI=1S/C23H23NO5/c1-3-7-18(16-8-5-4-6-9-16)24-22(26)14-28-23(27)21-13-19(25)17-12-15(2)10-11-20(17)29-21/h4-6,8-13,18H,3,7,14H2,1-2H3,(H,24,26)/t18-/m0/s1. The van der Waals surface area contributed by atoms with Gasteiger partial charge in [0.2, 0.25) is 5.76 Å². The molecule has 6 heteroatoms. The molecule has 0 saturated carbocycles. The molecule has 6 nitrogen and oxygen atoms in total. The molecular weight excluding hydrogens is 370 g/mol. The maximum Gasteiger partial charge on any atom is 0.374 e. The zero-order valence-corrected chi connectivity index (χ0v) is 16.4. The van der Waals surface area contributed by atoms with Crippen LogP contribution in [0, 0.1) is 6.92 Å². The highest BCUT2D eigenvalue weighted by atomic mass is 16.5. The minimum Gasteiger partial charge on any atom is -0.450 e. The molecule has 0 unspecified atom stereocenters. The number of esters is 1. The summed E-state index contributed by atoms with van der Waals surface area (Å²) in [6.45, 7) is 3.44. The van der Waals surface area contributed by atoms with Crippen molar-refractivity contribution in [1.82, 2.24) is 5.32 Å². The summed E-state index contributed by atoms with van der Waals surface area (Å²) >= 11 is 0. The molecule has 0 spiro atoms. The Labute approximate surface area is 168 Å². The molecule has 0 saturated heterocycles. The third kappa shape index (κ3) is 5.10. The molecule has 0 aliphatic carbocycles. The van der Waals surface area contributed by atoms with Crippen molar-refractivity contribution >= 4 is 22.8 Å². The summed E-state index contributed by atoms with van der Waals surface area (Å²) in [6.07, 6.45) is 1.66. The van der Waals surface area contributed by atoms with E-state index in [2.05, 4.69) is 5.32 Å². The van der Waals surface area contributed by atoms with Gasteiger partial charge < -0.3 is 14.5 Å². The van der Waals surface area contributed by atoms with Gasteiger partial charge in [-0.15, -0.1) is 0 Å². The van der Waals surface area contributed by atoms with Gasteiger partial charge in [0.1, 0.15) is 5.58 Å². The highest BCUT2D eigenvalue weighted by molar-refractivity contribution is 5.90. The van der Waals surface area contributed by atoms with Gasteiger partial charge in [0.25, 0.3) is 5.91 Å². The first kappa shape index (κ1) is 20.3. The topological polar surface area (TPSA) is 85.6 Å². The summed E-state index contributed by atoms with van der Waals surface area (Å²) < 4.78 is 10.5. The molecule has 0 fully saturated rings. The van der Waals surface area contributed by atoms with Crippen molar-refractivity contribution < 1.29 is 18.7 Å². The van der Waals surface area contributed by atoms with Crippen molar-refractivity contribution in [2.75, 3.05) is 6.61 Å². The molecule has 1 amide bonds. The lowest BCUT2D eigenvalue weighted by molar-refractivity contribution is -0.125. The van der Waals surface area contributed by atoms with Gasteiger partial charge in [-0.1, -0.05) is 55.3 Å². The number of hydrogen-bond acceptors (Lipinski definition) is 5. The van der Waals surface area contributed by atoms with E-state index >= 15 is 0 Å². The van der Waals surface area contributed by atoms with Crippen LogP contribution in [0.2, 0.25) is 0 Å². The molecule has 3 rings (SSSR count). The Morgan fingerprint density at radius 2 is 1.86 bits per heavy atom. The molecular formula is C23H23NO5. The van der Waals surface area contributed by atoms with Crippen LogP contribution in [-0.2, 0) is 9.53 Å². The minimum absolute atomic E-state index is 0.158. The molecule has 0 aliphatic heterocycles. The molecule has 29 heavy (non-hydrogen) atoms. The zero-order valence-electron chi connectivity index (χ0n) is 16.4. The Kier molecular flexibility index (Phi) is 6.44. The van der Waals surface area contributed by atoms with E-state index in [0.29, 0.717) is 11.0 Å². The first-order chi connectivity index (χ1) is 14.0. The molecule has 1 atom stereocenters. The quantitative estimate of drug-likeness (QED) is 0.615. The van der Waals surface area contributed by atoms with Gasteiger partial charge in [0, 0.05) is 6.07 Å². The van der Waals surface area contributed by atoms with Gasteiger partial charge in [0.15, 0.2) is 12.0 Å². The highest BCUT2D eigenvalue weighted by Gasteiger charge is 2.18. The average Bonchev–Trinajstić information content (AvgIpc) is 2.72. The van der Waals surface area contributed by atoms with E-state index in [4.69, 9.17) is 9.15 Å². The van der Waals surface area contributed by atoms with E-state index in [1.54, 1.807) is 18.2 Å². The molecule has 1 heterocycles. The first-order valence-corrected chi connectivity index (χ1v) is 9.54. The van der Waals surface area contributed by atoms with Gasteiger partial charge in [-0.05, 0) is 31.0 Å². The number of benzene rings is 2. The van der Waals surface area contributed by atoms with Gasteiger partial charge >= 0.3 is 5.97 Å². The molecule has 3 aromatic rings. The third-order valence-corrected chi connectivity index (χ3v) is 4.53. The van der Waals surface area contributed by atoms with Crippen molar-refractivity contribution in [3.8, 4) is 0 Å². The van der Waals surface area contributed by atoms with Crippen LogP contribution >= 0.6 is 0 Å². The number of hydrogen-bond donors (Lipinski definition) is 1. The summed E-state index contributed by atoms with van der Waals surface area (Å²) in [6, 6.07) is 15.7. The fourth-order valence-corrected chi connectivity index (χ4v) is 3.11. The lowest BCUT2D eigenvalue weighted by Crippen LogP contribution is -2.32. The molecule has 0 aliphatic rings. The van der Waals surface area contributed by atoms with E-state index in [1.807, 2.05) is 44.2 Å². The summed E-state index contributed by atoms with van der Waals surface area (Å²) in [5.41, 5.74) is 1.87. The zero-order chi connectivity index (χ0) is 20.8. The Morgan fingerprint density at radius 3 is 2.59 bits per heavy atom. The third-order valence-electron chi connectivity index (χ3n) is 4.53. The SMILES string of the molecule is CCC[C@H](NC(=O)COC(=O)c1cc(=O)c2cc(C)ccc2o1)c1ccccc1. The van der Waals surface area contributed by atoms with Crippen molar-refractivity contribution in [3.63, 3.8) is 0 Å². The summed E-state index contributed by atoms with van der Waals surface area (Å²) in [5.74, 6) is -1.50. The number of nitrogens with one attached hydrogen (secondary N) is 1. The average molecular weight is 393 g/mol. The number of carbonyl (C=O) groups excluding carboxylic acids is 2. The van der Waals surface area contributed by atoms with Crippen LogP contribution in [0.15, 0.2) is 63.8 Å². The number of ether oxygens (including phenoxy) is 1. The Balaban J connectivity index is 1.65. The summed E-state index contributed by atoms with van der Waals surface area (Å²) in [5, 5.41) is 3.27. The van der Waals surface area contributed by atoms with Crippen LogP contribution in [0.1, 0.15) is 47.5 Å². The summed E-state index contributed by atoms with van der Waals surface area (Å²) in [7, 11) is 0. The molecule has 0 radical (unpaired) electrons.